The van der Waals surface area contributed by atoms with Crippen molar-refractivity contribution in [3.8, 4) is 0 Å². The van der Waals surface area contributed by atoms with Gasteiger partial charge in [0.25, 0.3) is 0 Å². The van der Waals surface area contributed by atoms with Gasteiger partial charge < -0.3 is 15.2 Å². The largest absolute Gasteiger partial charge is 0.356 e. The first-order valence-electron chi connectivity index (χ1n) is 9.26. The average molecular weight is 364 g/mol. The first kappa shape index (κ1) is 18.6. The highest BCUT2D eigenvalue weighted by atomic mass is 16.5. The van der Waals surface area contributed by atoms with Crippen molar-refractivity contribution in [3.05, 3.63) is 66.3 Å². The molecule has 0 unspecified atom stereocenters. The Kier molecular flexibility index (Phi) is 6.57. The third-order valence-corrected chi connectivity index (χ3v) is 4.01. The second-order valence-electron chi connectivity index (χ2n) is 6.32. The molecule has 1 heterocycles. The molecule has 2 aromatic carbocycles. The van der Waals surface area contributed by atoms with Gasteiger partial charge in [0.1, 0.15) is 0 Å². The van der Waals surface area contributed by atoms with E-state index in [1.54, 1.807) is 0 Å². The Hall–Kier alpha value is -3.15. The number of carbonyl (C=O) groups excluding carboxylic acids is 1. The number of hydrogen-bond donors (Lipinski definition) is 2. The van der Waals surface area contributed by atoms with Crippen molar-refractivity contribution in [3.63, 3.8) is 0 Å². The summed E-state index contributed by atoms with van der Waals surface area (Å²) in [6.07, 6.45) is 3.51. The van der Waals surface area contributed by atoms with Gasteiger partial charge in [-0.05, 0) is 49.2 Å². The van der Waals surface area contributed by atoms with Crippen LogP contribution in [-0.4, -0.2) is 16.0 Å². The molecule has 3 aromatic rings. The van der Waals surface area contributed by atoms with Gasteiger partial charge >= 0.3 is 0 Å². The van der Waals surface area contributed by atoms with Crippen molar-refractivity contribution < 1.29 is 9.32 Å². The van der Waals surface area contributed by atoms with Crippen molar-refractivity contribution in [2.24, 2.45) is 0 Å². The van der Waals surface area contributed by atoms with E-state index >= 15 is 0 Å². The quantitative estimate of drug-likeness (QED) is 0.574. The van der Waals surface area contributed by atoms with Gasteiger partial charge in [0.15, 0.2) is 5.82 Å². The van der Waals surface area contributed by atoms with E-state index in [4.69, 9.17) is 4.52 Å². The van der Waals surface area contributed by atoms with Gasteiger partial charge in [-0.3, -0.25) is 4.79 Å². The number of hydrogen-bond acceptors (Lipinski definition) is 5. The zero-order valence-corrected chi connectivity index (χ0v) is 15.4. The zero-order valence-electron chi connectivity index (χ0n) is 15.4. The molecule has 0 aliphatic rings. The first-order chi connectivity index (χ1) is 13.2. The molecule has 1 aromatic heterocycles. The lowest BCUT2D eigenvalue weighted by atomic mass is 10.2. The smallest absolute Gasteiger partial charge is 0.226 e. The molecule has 6 heteroatoms. The van der Waals surface area contributed by atoms with Gasteiger partial charge in [-0.2, -0.15) is 4.98 Å². The van der Waals surface area contributed by atoms with E-state index in [0.29, 0.717) is 25.2 Å². The summed E-state index contributed by atoms with van der Waals surface area (Å²) in [4.78, 5) is 16.4. The van der Waals surface area contributed by atoms with E-state index in [1.165, 1.54) is 0 Å². The summed E-state index contributed by atoms with van der Waals surface area (Å²) in [5, 5.41) is 10.1. The average Bonchev–Trinajstić information content (AvgIpc) is 3.12. The number of amides is 1. The highest BCUT2D eigenvalue weighted by molar-refractivity contribution is 5.90. The Balaban J connectivity index is 1.42. The molecule has 0 saturated heterocycles. The van der Waals surface area contributed by atoms with Crippen LogP contribution in [0.15, 0.2) is 59.1 Å². The van der Waals surface area contributed by atoms with E-state index in [0.717, 1.165) is 35.7 Å². The molecule has 0 radical (unpaired) electrons. The van der Waals surface area contributed by atoms with E-state index in [9.17, 15) is 4.79 Å². The maximum Gasteiger partial charge on any atom is 0.226 e. The van der Waals surface area contributed by atoms with Crippen molar-refractivity contribution in [1.82, 2.24) is 10.1 Å². The van der Waals surface area contributed by atoms with Gasteiger partial charge in [-0.1, -0.05) is 30.3 Å². The molecule has 0 spiro atoms. The molecule has 1 amide bonds. The molecule has 0 atom stereocenters. The molecular formula is C21H24N4O2. The van der Waals surface area contributed by atoms with Gasteiger partial charge in [0, 0.05) is 36.3 Å². The van der Waals surface area contributed by atoms with Crippen LogP contribution in [0, 0.1) is 0 Å². The summed E-state index contributed by atoms with van der Waals surface area (Å²) in [6, 6.07) is 17.6. The molecule has 0 fully saturated rings. The standard InChI is InChI=1S/C21H24N4O2/c1-2-7-19-24-21(27-25-19)11-6-10-20(26)23-18-14-12-17(13-15-18)22-16-8-4-3-5-9-16/h3-5,8-9,12-15,22H,2,6-7,10-11H2,1H3,(H,23,26). The number of aryl methyl sites for hydroxylation is 2. The Bertz CT molecular complexity index is 844. The lowest BCUT2D eigenvalue weighted by Crippen LogP contribution is -2.11. The lowest BCUT2D eigenvalue weighted by molar-refractivity contribution is -0.116. The van der Waals surface area contributed by atoms with Crippen LogP contribution in [0.25, 0.3) is 0 Å². The summed E-state index contributed by atoms with van der Waals surface area (Å²) in [6.45, 7) is 2.07. The van der Waals surface area contributed by atoms with E-state index in [1.807, 2.05) is 54.6 Å². The number of para-hydroxylation sites is 1. The minimum atomic E-state index is -0.0212. The van der Waals surface area contributed by atoms with Crippen molar-refractivity contribution in [2.45, 2.75) is 39.0 Å². The number of anilines is 3. The predicted molar refractivity (Wildman–Crippen MR) is 106 cm³/mol. The molecule has 0 aliphatic heterocycles. The zero-order chi connectivity index (χ0) is 18.9. The highest BCUT2D eigenvalue weighted by Gasteiger charge is 2.08. The van der Waals surface area contributed by atoms with Gasteiger partial charge in [-0.25, -0.2) is 0 Å². The highest BCUT2D eigenvalue weighted by Crippen LogP contribution is 2.19. The van der Waals surface area contributed by atoms with Crippen LogP contribution in [0.5, 0.6) is 0 Å². The monoisotopic (exact) mass is 364 g/mol. The minimum Gasteiger partial charge on any atom is -0.356 e. The summed E-state index contributed by atoms with van der Waals surface area (Å²) in [5.41, 5.74) is 2.78. The topological polar surface area (TPSA) is 80.0 Å². The number of nitrogens with zero attached hydrogens (tertiary/aromatic N) is 2. The van der Waals surface area contributed by atoms with Crippen molar-refractivity contribution >= 4 is 23.0 Å². The predicted octanol–water partition coefficient (Wildman–Crippen LogP) is 4.73. The van der Waals surface area contributed by atoms with Crippen LogP contribution < -0.4 is 10.6 Å². The van der Waals surface area contributed by atoms with E-state index < -0.39 is 0 Å². The third kappa shape index (κ3) is 5.95. The third-order valence-electron chi connectivity index (χ3n) is 4.01. The summed E-state index contributed by atoms with van der Waals surface area (Å²) >= 11 is 0. The minimum absolute atomic E-state index is 0.0212. The maximum absolute atomic E-state index is 12.1. The molecule has 0 saturated carbocycles. The number of benzene rings is 2. The number of aromatic nitrogens is 2. The summed E-state index contributed by atoms with van der Waals surface area (Å²) in [5.74, 6) is 1.32. The Labute approximate surface area is 159 Å². The molecule has 2 N–H and O–H groups in total. The number of carbonyl (C=O) groups is 1. The molecule has 140 valence electrons. The van der Waals surface area contributed by atoms with E-state index in [-0.39, 0.29) is 5.91 Å². The molecule has 3 rings (SSSR count). The molecular weight excluding hydrogens is 340 g/mol. The van der Waals surface area contributed by atoms with Crippen molar-refractivity contribution in [2.75, 3.05) is 10.6 Å². The second kappa shape index (κ2) is 9.52. The van der Waals surface area contributed by atoms with Gasteiger partial charge in [0.2, 0.25) is 11.8 Å². The van der Waals surface area contributed by atoms with Gasteiger partial charge in [0.05, 0.1) is 0 Å². The Morgan fingerprint density at radius 1 is 0.963 bits per heavy atom. The molecule has 6 nitrogen and oxygen atoms in total. The lowest BCUT2D eigenvalue weighted by Gasteiger charge is -2.08. The summed E-state index contributed by atoms with van der Waals surface area (Å²) < 4.78 is 5.18. The van der Waals surface area contributed by atoms with Gasteiger partial charge in [-0.15, -0.1) is 0 Å². The fourth-order valence-corrected chi connectivity index (χ4v) is 2.67. The Morgan fingerprint density at radius 2 is 1.67 bits per heavy atom. The van der Waals surface area contributed by atoms with Crippen LogP contribution in [0.3, 0.4) is 0 Å². The molecule has 0 aliphatic carbocycles. The van der Waals surface area contributed by atoms with Crippen LogP contribution >= 0.6 is 0 Å². The normalized spacial score (nSPS) is 10.6. The van der Waals surface area contributed by atoms with Crippen LogP contribution in [-0.2, 0) is 17.6 Å². The fraction of sp³-hybridized carbons (Fsp3) is 0.286. The van der Waals surface area contributed by atoms with Crippen LogP contribution in [0.1, 0.15) is 37.9 Å². The number of rotatable bonds is 9. The molecule has 27 heavy (non-hydrogen) atoms. The van der Waals surface area contributed by atoms with Crippen molar-refractivity contribution in [1.29, 1.82) is 0 Å². The first-order valence-corrected chi connectivity index (χ1v) is 9.26. The maximum atomic E-state index is 12.1. The Morgan fingerprint density at radius 3 is 2.41 bits per heavy atom. The number of nitrogens with one attached hydrogen (secondary N) is 2. The summed E-state index contributed by atoms with van der Waals surface area (Å²) in [7, 11) is 0. The fourth-order valence-electron chi connectivity index (χ4n) is 2.67. The molecule has 0 bridgehead atoms. The second-order valence-corrected chi connectivity index (χ2v) is 6.32. The van der Waals surface area contributed by atoms with Crippen LogP contribution in [0.4, 0.5) is 17.1 Å². The SMILES string of the molecule is CCCc1noc(CCCC(=O)Nc2ccc(Nc3ccccc3)cc2)n1. The van der Waals surface area contributed by atoms with E-state index in [2.05, 4.69) is 27.7 Å². The van der Waals surface area contributed by atoms with Crippen LogP contribution in [0.2, 0.25) is 0 Å².